The van der Waals surface area contributed by atoms with Crippen molar-refractivity contribution >= 4 is 12.6 Å². The van der Waals surface area contributed by atoms with E-state index in [2.05, 4.69) is 24.6 Å². The SMILES string of the molecule is CN(CCCCCS)CC1CCCCO1. The Labute approximate surface area is 99.8 Å². The summed E-state index contributed by atoms with van der Waals surface area (Å²) in [6.45, 7) is 3.28. The summed E-state index contributed by atoms with van der Waals surface area (Å²) >= 11 is 4.22. The van der Waals surface area contributed by atoms with Crippen molar-refractivity contribution in [3.63, 3.8) is 0 Å². The molecule has 1 atom stereocenters. The summed E-state index contributed by atoms with van der Waals surface area (Å²) in [6.07, 6.45) is 8.19. The monoisotopic (exact) mass is 231 g/mol. The Morgan fingerprint density at radius 3 is 2.80 bits per heavy atom. The first kappa shape index (κ1) is 13.3. The third-order valence-electron chi connectivity index (χ3n) is 2.99. The van der Waals surface area contributed by atoms with E-state index in [1.165, 1.54) is 45.1 Å². The lowest BCUT2D eigenvalue weighted by Crippen LogP contribution is -2.33. The van der Waals surface area contributed by atoms with Gasteiger partial charge in [0, 0.05) is 13.2 Å². The van der Waals surface area contributed by atoms with Gasteiger partial charge in [-0.25, -0.2) is 0 Å². The number of nitrogens with zero attached hydrogens (tertiary/aromatic N) is 1. The van der Waals surface area contributed by atoms with Crippen LogP contribution < -0.4 is 0 Å². The molecule has 15 heavy (non-hydrogen) atoms. The Morgan fingerprint density at radius 1 is 1.27 bits per heavy atom. The molecule has 0 spiro atoms. The van der Waals surface area contributed by atoms with E-state index in [-0.39, 0.29) is 0 Å². The lowest BCUT2D eigenvalue weighted by molar-refractivity contribution is -0.00159. The van der Waals surface area contributed by atoms with Crippen LogP contribution in [0.3, 0.4) is 0 Å². The molecule has 0 aromatic rings. The van der Waals surface area contributed by atoms with Crippen LogP contribution in [0.2, 0.25) is 0 Å². The summed E-state index contributed by atoms with van der Waals surface area (Å²) in [5.74, 6) is 1.02. The summed E-state index contributed by atoms with van der Waals surface area (Å²) in [5, 5.41) is 0. The topological polar surface area (TPSA) is 12.5 Å². The van der Waals surface area contributed by atoms with Crippen molar-refractivity contribution in [2.45, 2.75) is 44.6 Å². The van der Waals surface area contributed by atoms with Gasteiger partial charge in [0.2, 0.25) is 0 Å². The van der Waals surface area contributed by atoms with Gasteiger partial charge < -0.3 is 9.64 Å². The minimum atomic E-state index is 0.494. The van der Waals surface area contributed by atoms with Crippen LogP contribution >= 0.6 is 12.6 Å². The molecule has 0 aromatic carbocycles. The standard InChI is InChI=1S/C12H25NOS/c1-13(8-4-2-6-10-15)11-12-7-3-5-9-14-12/h12,15H,2-11H2,1H3. The Morgan fingerprint density at radius 2 is 2.13 bits per heavy atom. The Bertz CT molecular complexity index is 149. The van der Waals surface area contributed by atoms with Crippen molar-refractivity contribution < 1.29 is 4.74 Å². The highest BCUT2D eigenvalue weighted by Gasteiger charge is 2.15. The number of hydrogen-bond acceptors (Lipinski definition) is 3. The number of rotatable bonds is 7. The van der Waals surface area contributed by atoms with E-state index in [9.17, 15) is 0 Å². The van der Waals surface area contributed by atoms with E-state index in [4.69, 9.17) is 4.74 Å². The normalized spacial score (nSPS) is 22.2. The molecule has 0 saturated carbocycles. The Hall–Kier alpha value is 0.270. The van der Waals surface area contributed by atoms with E-state index in [0.29, 0.717) is 6.10 Å². The van der Waals surface area contributed by atoms with Gasteiger partial charge in [-0.3, -0.25) is 0 Å². The average Bonchev–Trinajstić information content (AvgIpc) is 2.26. The molecule has 1 aliphatic heterocycles. The van der Waals surface area contributed by atoms with Crippen molar-refractivity contribution in [1.29, 1.82) is 0 Å². The van der Waals surface area contributed by atoms with Crippen molar-refractivity contribution in [2.75, 3.05) is 32.5 Å². The highest BCUT2D eigenvalue weighted by Crippen LogP contribution is 2.13. The number of thiol groups is 1. The second-order valence-electron chi connectivity index (χ2n) is 4.54. The van der Waals surface area contributed by atoms with Gasteiger partial charge in [-0.1, -0.05) is 6.42 Å². The minimum Gasteiger partial charge on any atom is -0.377 e. The van der Waals surface area contributed by atoms with Crippen LogP contribution in [-0.4, -0.2) is 43.5 Å². The summed E-state index contributed by atoms with van der Waals surface area (Å²) < 4.78 is 5.72. The van der Waals surface area contributed by atoms with E-state index in [0.717, 1.165) is 18.9 Å². The number of unbranched alkanes of at least 4 members (excludes halogenated alkanes) is 2. The highest BCUT2D eigenvalue weighted by molar-refractivity contribution is 7.80. The molecule has 1 aliphatic rings. The maximum absolute atomic E-state index is 5.72. The molecule has 0 aliphatic carbocycles. The van der Waals surface area contributed by atoms with Crippen molar-refractivity contribution in [2.24, 2.45) is 0 Å². The molecule has 1 fully saturated rings. The summed E-state index contributed by atoms with van der Waals surface area (Å²) in [7, 11) is 2.21. The molecule has 2 nitrogen and oxygen atoms in total. The summed E-state index contributed by atoms with van der Waals surface area (Å²) in [5.41, 5.74) is 0. The molecule has 90 valence electrons. The van der Waals surface area contributed by atoms with Crippen LogP contribution in [0, 0.1) is 0 Å². The van der Waals surface area contributed by atoms with Gasteiger partial charge in [0.05, 0.1) is 6.10 Å². The molecule has 3 heteroatoms. The molecular formula is C12H25NOS. The number of hydrogen-bond donors (Lipinski definition) is 1. The molecule has 1 saturated heterocycles. The first-order valence-electron chi connectivity index (χ1n) is 6.24. The predicted octanol–water partition coefficient (Wildman–Crippen LogP) is 2.59. The highest BCUT2D eigenvalue weighted by atomic mass is 32.1. The Kier molecular flexibility index (Phi) is 7.49. The fraction of sp³-hybridized carbons (Fsp3) is 1.00. The van der Waals surface area contributed by atoms with Gasteiger partial charge in [0.25, 0.3) is 0 Å². The van der Waals surface area contributed by atoms with E-state index in [1.54, 1.807) is 0 Å². The molecule has 0 radical (unpaired) electrons. The zero-order valence-corrected chi connectivity index (χ0v) is 10.8. The summed E-state index contributed by atoms with van der Waals surface area (Å²) in [6, 6.07) is 0. The maximum Gasteiger partial charge on any atom is 0.0701 e. The third-order valence-corrected chi connectivity index (χ3v) is 3.30. The fourth-order valence-electron chi connectivity index (χ4n) is 2.06. The van der Waals surface area contributed by atoms with Gasteiger partial charge in [-0.15, -0.1) is 0 Å². The van der Waals surface area contributed by atoms with Gasteiger partial charge >= 0.3 is 0 Å². The van der Waals surface area contributed by atoms with Crippen LogP contribution in [-0.2, 0) is 4.74 Å². The largest absolute Gasteiger partial charge is 0.377 e. The second kappa shape index (κ2) is 8.43. The zero-order chi connectivity index (χ0) is 10.9. The first-order valence-corrected chi connectivity index (χ1v) is 6.87. The smallest absolute Gasteiger partial charge is 0.0701 e. The molecule has 1 unspecified atom stereocenters. The fourth-order valence-corrected chi connectivity index (χ4v) is 2.28. The van der Waals surface area contributed by atoms with Crippen molar-refractivity contribution in [3.05, 3.63) is 0 Å². The maximum atomic E-state index is 5.72. The van der Waals surface area contributed by atoms with Gasteiger partial charge in [0.15, 0.2) is 0 Å². The van der Waals surface area contributed by atoms with E-state index >= 15 is 0 Å². The van der Waals surface area contributed by atoms with Gasteiger partial charge in [-0.2, -0.15) is 12.6 Å². The number of likely N-dealkylation sites (N-methyl/N-ethyl adjacent to an activating group) is 1. The average molecular weight is 231 g/mol. The van der Waals surface area contributed by atoms with Crippen LogP contribution in [0.4, 0.5) is 0 Å². The molecule has 0 aromatic heterocycles. The molecular weight excluding hydrogens is 206 g/mol. The molecule has 1 heterocycles. The van der Waals surface area contributed by atoms with E-state index in [1.807, 2.05) is 0 Å². The van der Waals surface area contributed by atoms with Gasteiger partial charge in [0.1, 0.15) is 0 Å². The Balaban J connectivity index is 1.98. The van der Waals surface area contributed by atoms with Gasteiger partial charge in [-0.05, 0) is 51.4 Å². The van der Waals surface area contributed by atoms with Crippen molar-refractivity contribution in [3.8, 4) is 0 Å². The lowest BCUT2D eigenvalue weighted by atomic mass is 10.1. The quantitative estimate of drug-likeness (QED) is 0.534. The molecule has 0 bridgehead atoms. The summed E-state index contributed by atoms with van der Waals surface area (Å²) in [4.78, 5) is 2.41. The van der Waals surface area contributed by atoms with Crippen LogP contribution in [0.5, 0.6) is 0 Å². The first-order chi connectivity index (χ1) is 7.33. The third kappa shape index (κ3) is 6.44. The van der Waals surface area contributed by atoms with Crippen LogP contribution in [0.15, 0.2) is 0 Å². The molecule has 0 amide bonds. The van der Waals surface area contributed by atoms with E-state index < -0.39 is 0 Å². The molecule has 1 rings (SSSR count). The molecule has 0 N–H and O–H groups in total. The van der Waals surface area contributed by atoms with Crippen LogP contribution in [0.25, 0.3) is 0 Å². The number of ether oxygens (including phenoxy) is 1. The second-order valence-corrected chi connectivity index (χ2v) is 4.98. The zero-order valence-electron chi connectivity index (χ0n) is 9.95. The minimum absolute atomic E-state index is 0.494. The van der Waals surface area contributed by atoms with Crippen LogP contribution in [0.1, 0.15) is 38.5 Å². The predicted molar refractivity (Wildman–Crippen MR) is 68.8 cm³/mol. The van der Waals surface area contributed by atoms with Crippen molar-refractivity contribution in [1.82, 2.24) is 4.90 Å². The lowest BCUT2D eigenvalue weighted by Gasteiger charge is -2.27.